The Morgan fingerprint density at radius 1 is 1.24 bits per heavy atom. The van der Waals surface area contributed by atoms with Crippen molar-refractivity contribution in [3.8, 4) is 5.75 Å². The molecule has 4 nitrogen and oxygen atoms in total. The molecule has 0 fully saturated rings. The van der Waals surface area contributed by atoms with Gasteiger partial charge >= 0.3 is 0 Å². The van der Waals surface area contributed by atoms with Crippen molar-refractivity contribution in [2.24, 2.45) is 0 Å². The predicted octanol–water partition coefficient (Wildman–Crippen LogP) is 1.57. The zero-order valence-corrected chi connectivity index (χ0v) is 11.1. The molecule has 0 radical (unpaired) electrons. The van der Waals surface area contributed by atoms with Gasteiger partial charge in [-0.25, -0.2) is 13.1 Å². The number of ether oxygens (including phenoxy) is 1. The zero-order valence-electron chi connectivity index (χ0n) is 10.3. The van der Waals surface area contributed by atoms with Gasteiger partial charge in [-0.2, -0.15) is 0 Å². The first kappa shape index (κ1) is 14.0. The normalized spacial score (nSPS) is 11.4. The van der Waals surface area contributed by atoms with Gasteiger partial charge in [0.25, 0.3) is 0 Å². The number of nitrogens with one attached hydrogen (secondary N) is 1. The second kappa shape index (κ2) is 6.61. The third-order valence-corrected chi connectivity index (χ3v) is 3.96. The van der Waals surface area contributed by atoms with Crippen molar-refractivity contribution in [1.29, 1.82) is 0 Å². The lowest BCUT2D eigenvalue weighted by Gasteiger charge is -2.06. The number of sulfonamides is 1. The summed E-state index contributed by atoms with van der Waals surface area (Å²) in [5.74, 6) is 0.996. The number of benzene rings is 1. The fourth-order valence-corrected chi connectivity index (χ4v) is 2.58. The van der Waals surface area contributed by atoms with Crippen LogP contribution in [0.2, 0.25) is 0 Å². The minimum Gasteiger partial charge on any atom is -0.497 e. The van der Waals surface area contributed by atoms with Gasteiger partial charge in [0.1, 0.15) is 5.75 Å². The maximum atomic E-state index is 11.4. The van der Waals surface area contributed by atoms with Gasteiger partial charge in [0.05, 0.1) is 12.9 Å². The summed E-state index contributed by atoms with van der Waals surface area (Å²) in [5.41, 5.74) is 1.09. The topological polar surface area (TPSA) is 55.4 Å². The van der Waals surface area contributed by atoms with Crippen LogP contribution in [-0.4, -0.2) is 27.8 Å². The molecule has 0 aromatic heterocycles. The summed E-state index contributed by atoms with van der Waals surface area (Å²) >= 11 is 0. The van der Waals surface area contributed by atoms with Crippen LogP contribution < -0.4 is 9.46 Å². The predicted molar refractivity (Wildman–Crippen MR) is 68.8 cm³/mol. The molecule has 5 heteroatoms. The van der Waals surface area contributed by atoms with Crippen LogP contribution in [0.1, 0.15) is 18.9 Å². The van der Waals surface area contributed by atoms with Crippen molar-refractivity contribution in [1.82, 2.24) is 4.72 Å². The summed E-state index contributed by atoms with van der Waals surface area (Å²) in [6.45, 7) is 2.29. The third kappa shape index (κ3) is 5.19. The fourth-order valence-electron chi connectivity index (χ4n) is 1.48. The quantitative estimate of drug-likeness (QED) is 0.806. The monoisotopic (exact) mass is 257 g/mol. The Morgan fingerprint density at radius 2 is 1.88 bits per heavy atom. The van der Waals surface area contributed by atoms with Crippen LogP contribution in [0.15, 0.2) is 24.3 Å². The van der Waals surface area contributed by atoms with E-state index in [4.69, 9.17) is 4.74 Å². The first-order valence-electron chi connectivity index (χ1n) is 5.67. The molecule has 0 aliphatic carbocycles. The molecule has 1 rings (SSSR count). The Hall–Kier alpha value is -1.07. The van der Waals surface area contributed by atoms with Gasteiger partial charge in [-0.05, 0) is 30.5 Å². The van der Waals surface area contributed by atoms with Gasteiger partial charge in [0, 0.05) is 6.54 Å². The van der Waals surface area contributed by atoms with Gasteiger partial charge in [0.15, 0.2) is 0 Å². The van der Waals surface area contributed by atoms with E-state index >= 15 is 0 Å². The average Bonchev–Trinajstić information content (AvgIpc) is 2.29. The van der Waals surface area contributed by atoms with E-state index < -0.39 is 10.0 Å². The summed E-state index contributed by atoms with van der Waals surface area (Å²) in [6.07, 6.45) is 1.32. The molecule has 17 heavy (non-hydrogen) atoms. The molecule has 96 valence electrons. The molecule has 0 saturated carbocycles. The smallest absolute Gasteiger partial charge is 0.211 e. The highest BCUT2D eigenvalue weighted by molar-refractivity contribution is 7.89. The zero-order chi connectivity index (χ0) is 12.7. The molecule has 0 aliphatic heterocycles. The van der Waals surface area contributed by atoms with Crippen molar-refractivity contribution in [3.63, 3.8) is 0 Å². The largest absolute Gasteiger partial charge is 0.497 e. The van der Waals surface area contributed by atoms with Crippen LogP contribution >= 0.6 is 0 Å². The average molecular weight is 257 g/mol. The van der Waals surface area contributed by atoms with E-state index in [1.54, 1.807) is 7.11 Å². The second-order valence-electron chi connectivity index (χ2n) is 3.81. The van der Waals surface area contributed by atoms with E-state index in [9.17, 15) is 8.42 Å². The minimum atomic E-state index is -3.09. The Labute approximate surface area is 103 Å². The summed E-state index contributed by atoms with van der Waals surface area (Å²) in [4.78, 5) is 0. The van der Waals surface area contributed by atoms with Gasteiger partial charge in [-0.3, -0.25) is 0 Å². The molecular weight excluding hydrogens is 238 g/mol. The summed E-state index contributed by atoms with van der Waals surface area (Å²) in [5, 5.41) is 0. The van der Waals surface area contributed by atoms with Gasteiger partial charge < -0.3 is 4.74 Å². The van der Waals surface area contributed by atoms with Crippen molar-refractivity contribution in [2.45, 2.75) is 19.8 Å². The first-order valence-corrected chi connectivity index (χ1v) is 7.33. The fraction of sp³-hybridized carbons (Fsp3) is 0.500. The van der Waals surface area contributed by atoms with Crippen molar-refractivity contribution in [3.05, 3.63) is 29.8 Å². The first-order chi connectivity index (χ1) is 8.07. The summed E-state index contributed by atoms with van der Waals surface area (Å²) in [6, 6.07) is 7.62. The maximum Gasteiger partial charge on any atom is 0.211 e. The van der Waals surface area contributed by atoms with E-state index in [1.165, 1.54) is 0 Å². The Balaban J connectivity index is 2.40. The summed E-state index contributed by atoms with van der Waals surface area (Å²) in [7, 11) is -1.47. The van der Waals surface area contributed by atoms with Gasteiger partial charge in [-0.15, -0.1) is 0 Å². The third-order valence-electron chi connectivity index (χ3n) is 2.37. The van der Waals surface area contributed by atoms with Crippen molar-refractivity contribution >= 4 is 10.0 Å². The van der Waals surface area contributed by atoms with Gasteiger partial charge in [-0.1, -0.05) is 19.1 Å². The Kier molecular flexibility index (Phi) is 5.44. The molecule has 0 heterocycles. The Bertz CT molecular complexity index is 426. The highest BCUT2D eigenvalue weighted by atomic mass is 32.2. The Morgan fingerprint density at radius 3 is 2.41 bits per heavy atom. The van der Waals surface area contributed by atoms with E-state index in [2.05, 4.69) is 4.72 Å². The van der Waals surface area contributed by atoms with Crippen LogP contribution in [0.3, 0.4) is 0 Å². The van der Waals surface area contributed by atoms with Crippen LogP contribution in [-0.2, 0) is 16.4 Å². The molecule has 0 aliphatic rings. The summed E-state index contributed by atoms with van der Waals surface area (Å²) < 4.78 is 30.4. The van der Waals surface area contributed by atoms with Crippen molar-refractivity contribution in [2.75, 3.05) is 19.4 Å². The molecule has 0 bridgehead atoms. The second-order valence-corrected chi connectivity index (χ2v) is 5.74. The lowest BCUT2D eigenvalue weighted by atomic mass is 10.1. The molecule has 0 atom stereocenters. The number of hydrogen-bond donors (Lipinski definition) is 1. The number of rotatable bonds is 7. The van der Waals surface area contributed by atoms with Crippen molar-refractivity contribution < 1.29 is 13.2 Å². The molecule has 1 N–H and O–H groups in total. The highest BCUT2D eigenvalue weighted by Gasteiger charge is 2.06. The van der Waals surface area contributed by atoms with Crippen LogP contribution in [0, 0.1) is 0 Å². The lowest BCUT2D eigenvalue weighted by Crippen LogP contribution is -2.28. The minimum absolute atomic E-state index is 0.190. The molecule has 0 amide bonds. The molecule has 1 aromatic rings. The SMILES string of the molecule is CCCS(=O)(=O)NCCc1ccc(OC)cc1. The molecule has 1 aromatic carbocycles. The van der Waals surface area contributed by atoms with Crippen LogP contribution in [0.5, 0.6) is 5.75 Å². The van der Waals surface area contributed by atoms with E-state index in [0.29, 0.717) is 19.4 Å². The number of methoxy groups -OCH3 is 1. The van der Waals surface area contributed by atoms with E-state index in [0.717, 1.165) is 11.3 Å². The molecular formula is C12H19NO3S. The van der Waals surface area contributed by atoms with Gasteiger partial charge in [0.2, 0.25) is 10.0 Å². The lowest BCUT2D eigenvalue weighted by molar-refractivity contribution is 0.414. The van der Waals surface area contributed by atoms with E-state index in [-0.39, 0.29) is 5.75 Å². The van der Waals surface area contributed by atoms with E-state index in [1.807, 2.05) is 31.2 Å². The molecule has 0 spiro atoms. The maximum absolute atomic E-state index is 11.4. The standard InChI is InChI=1S/C12H19NO3S/c1-3-10-17(14,15)13-9-8-11-4-6-12(16-2)7-5-11/h4-7,13H,3,8-10H2,1-2H3. The highest BCUT2D eigenvalue weighted by Crippen LogP contribution is 2.11. The molecule has 0 saturated heterocycles. The van der Waals surface area contributed by atoms with Crippen LogP contribution in [0.4, 0.5) is 0 Å². The molecule has 0 unspecified atom stereocenters. The number of hydrogen-bond acceptors (Lipinski definition) is 3. The van der Waals surface area contributed by atoms with Crippen LogP contribution in [0.25, 0.3) is 0 Å².